The molecular formula is C25H28O10. The Bertz CT molecular complexity index is 958. The smallest absolute Gasteiger partial charge is 0.335 e. The average Bonchev–Trinajstić information content (AvgIpc) is 2.81. The fourth-order valence-electron chi connectivity index (χ4n) is 3.90. The normalized spacial score (nSPS) is 23.9. The van der Waals surface area contributed by atoms with Crippen LogP contribution in [0.25, 0.3) is 0 Å². The van der Waals surface area contributed by atoms with E-state index >= 15 is 0 Å². The van der Waals surface area contributed by atoms with Crippen LogP contribution in [0.3, 0.4) is 0 Å². The molecule has 0 bridgehead atoms. The summed E-state index contributed by atoms with van der Waals surface area (Å²) in [5, 5.41) is 49.4. The van der Waals surface area contributed by atoms with E-state index in [1.54, 1.807) is 24.3 Å². The maximum absolute atomic E-state index is 12.4. The first kappa shape index (κ1) is 26.0. The average molecular weight is 488 g/mol. The molecule has 0 saturated heterocycles. The molecule has 0 spiro atoms. The highest BCUT2D eigenvalue weighted by atomic mass is 16.6. The molecule has 1 aliphatic rings. The molecule has 2 atom stereocenters. The maximum atomic E-state index is 12.4. The Kier molecular flexibility index (Phi) is 8.31. The number of esters is 2. The van der Waals surface area contributed by atoms with Crippen LogP contribution in [0.4, 0.5) is 0 Å². The van der Waals surface area contributed by atoms with Gasteiger partial charge in [0.1, 0.15) is 29.8 Å². The molecule has 2 aromatic carbocycles. The van der Waals surface area contributed by atoms with E-state index in [0.29, 0.717) is 0 Å². The van der Waals surface area contributed by atoms with Gasteiger partial charge < -0.3 is 35.0 Å². The number of aryl methyl sites for hydroxylation is 2. The van der Waals surface area contributed by atoms with E-state index in [2.05, 4.69) is 0 Å². The van der Waals surface area contributed by atoms with Crippen molar-refractivity contribution < 1.29 is 49.4 Å². The lowest BCUT2D eigenvalue weighted by Gasteiger charge is -2.40. The predicted octanol–water partition coefficient (Wildman–Crippen LogP) is 1.46. The van der Waals surface area contributed by atoms with Crippen molar-refractivity contribution in [3.8, 4) is 11.5 Å². The van der Waals surface area contributed by atoms with Gasteiger partial charge in [0.15, 0.2) is 5.60 Å². The number of hydrogen-bond donors (Lipinski definition) is 5. The number of hydrogen-bond acceptors (Lipinski definition) is 9. The second kappa shape index (κ2) is 11.2. The van der Waals surface area contributed by atoms with Gasteiger partial charge in [-0.05, 0) is 48.2 Å². The first-order chi connectivity index (χ1) is 16.6. The lowest BCUT2D eigenvalue weighted by atomic mass is 9.79. The monoisotopic (exact) mass is 488 g/mol. The molecule has 188 valence electrons. The van der Waals surface area contributed by atoms with Gasteiger partial charge in [0.05, 0.1) is 0 Å². The molecule has 1 fully saturated rings. The van der Waals surface area contributed by atoms with Crippen molar-refractivity contribution in [3.05, 3.63) is 59.7 Å². The second-order valence-electron chi connectivity index (χ2n) is 8.63. The molecule has 0 amide bonds. The fourth-order valence-corrected chi connectivity index (χ4v) is 3.90. The Morgan fingerprint density at radius 1 is 0.771 bits per heavy atom. The minimum atomic E-state index is -2.36. The van der Waals surface area contributed by atoms with Crippen LogP contribution in [0, 0.1) is 0 Å². The standard InChI is InChI=1S/C25H28O10/c26-17-7-1-15(2-8-17)5-11-21(28)34-19-13-25(33,24(31)32)14-20(23(19)30)35-22(29)12-6-16-3-9-18(27)10-4-16/h1-4,7-10,19-20,23,26-27,30,33H,5-6,11-14H2,(H,31,32)/t19-,20-,23?,25?/m1/s1. The number of carbonyl (C=O) groups excluding carboxylic acids is 2. The van der Waals surface area contributed by atoms with Crippen LogP contribution in [0.15, 0.2) is 48.5 Å². The van der Waals surface area contributed by atoms with Gasteiger partial charge >= 0.3 is 17.9 Å². The number of carbonyl (C=O) groups is 3. The highest BCUT2D eigenvalue weighted by Gasteiger charge is 2.52. The number of phenolic OH excluding ortho intramolecular Hbond substituents is 2. The summed E-state index contributed by atoms with van der Waals surface area (Å²) >= 11 is 0. The summed E-state index contributed by atoms with van der Waals surface area (Å²) in [5.74, 6) is -2.88. The van der Waals surface area contributed by atoms with Crippen LogP contribution in [0.2, 0.25) is 0 Å². The van der Waals surface area contributed by atoms with Crippen molar-refractivity contribution in [2.75, 3.05) is 0 Å². The van der Waals surface area contributed by atoms with Gasteiger partial charge in [-0.25, -0.2) is 4.79 Å². The van der Waals surface area contributed by atoms with Crippen LogP contribution in [0.1, 0.15) is 36.8 Å². The van der Waals surface area contributed by atoms with E-state index in [1.165, 1.54) is 24.3 Å². The van der Waals surface area contributed by atoms with Gasteiger partial charge in [0.2, 0.25) is 0 Å². The fraction of sp³-hybridized carbons (Fsp3) is 0.400. The number of carboxylic acid groups (broad SMARTS) is 1. The van der Waals surface area contributed by atoms with E-state index in [-0.39, 0.29) is 37.2 Å². The molecule has 0 unspecified atom stereocenters. The zero-order valence-corrected chi connectivity index (χ0v) is 18.9. The summed E-state index contributed by atoms with van der Waals surface area (Å²) < 4.78 is 10.5. The number of ether oxygens (including phenoxy) is 2. The van der Waals surface area contributed by atoms with E-state index in [9.17, 15) is 39.9 Å². The molecule has 5 N–H and O–H groups in total. The van der Waals surface area contributed by atoms with Crippen molar-refractivity contribution in [3.63, 3.8) is 0 Å². The Hall–Kier alpha value is -3.63. The Balaban J connectivity index is 1.60. The summed E-state index contributed by atoms with van der Waals surface area (Å²) in [5.41, 5.74) is -0.846. The summed E-state index contributed by atoms with van der Waals surface area (Å²) in [4.78, 5) is 36.4. The minimum absolute atomic E-state index is 0.0817. The largest absolute Gasteiger partial charge is 0.508 e. The third kappa shape index (κ3) is 7.17. The molecule has 10 heteroatoms. The van der Waals surface area contributed by atoms with Crippen LogP contribution < -0.4 is 0 Å². The van der Waals surface area contributed by atoms with Gasteiger partial charge in [-0.3, -0.25) is 9.59 Å². The molecular weight excluding hydrogens is 460 g/mol. The number of aliphatic carboxylic acids is 1. The molecule has 2 aromatic rings. The highest BCUT2D eigenvalue weighted by Crippen LogP contribution is 2.33. The molecule has 0 radical (unpaired) electrons. The number of rotatable bonds is 9. The summed E-state index contributed by atoms with van der Waals surface area (Å²) in [7, 11) is 0. The Morgan fingerprint density at radius 3 is 1.49 bits per heavy atom. The van der Waals surface area contributed by atoms with Crippen molar-refractivity contribution in [1.82, 2.24) is 0 Å². The molecule has 0 aliphatic heterocycles. The number of carboxylic acids is 1. The first-order valence-electron chi connectivity index (χ1n) is 11.1. The number of aromatic hydroxyl groups is 2. The Morgan fingerprint density at radius 2 is 1.14 bits per heavy atom. The lowest BCUT2D eigenvalue weighted by molar-refractivity contribution is -0.206. The van der Waals surface area contributed by atoms with E-state index in [0.717, 1.165) is 11.1 Å². The molecule has 35 heavy (non-hydrogen) atoms. The second-order valence-corrected chi connectivity index (χ2v) is 8.63. The van der Waals surface area contributed by atoms with E-state index in [1.807, 2.05) is 0 Å². The predicted molar refractivity (Wildman–Crippen MR) is 120 cm³/mol. The van der Waals surface area contributed by atoms with Gasteiger partial charge in [0, 0.05) is 25.7 Å². The van der Waals surface area contributed by atoms with Gasteiger partial charge in [-0.15, -0.1) is 0 Å². The zero-order valence-electron chi connectivity index (χ0n) is 18.9. The van der Waals surface area contributed by atoms with Crippen LogP contribution in [-0.4, -0.2) is 67.4 Å². The molecule has 1 aliphatic carbocycles. The lowest BCUT2D eigenvalue weighted by Crippen LogP contribution is -2.58. The Labute approximate surface area is 201 Å². The van der Waals surface area contributed by atoms with Crippen molar-refractivity contribution in [1.29, 1.82) is 0 Å². The zero-order chi connectivity index (χ0) is 25.6. The number of aliphatic hydroxyl groups is 2. The first-order valence-corrected chi connectivity index (χ1v) is 11.1. The van der Waals surface area contributed by atoms with Crippen LogP contribution >= 0.6 is 0 Å². The molecule has 3 rings (SSSR count). The van der Waals surface area contributed by atoms with E-state index < -0.39 is 54.7 Å². The van der Waals surface area contributed by atoms with E-state index in [4.69, 9.17) is 9.47 Å². The highest BCUT2D eigenvalue weighted by molar-refractivity contribution is 5.78. The maximum Gasteiger partial charge on any atom is 0.335 e. The summed E-state index contributed by atoms with van der Waals surface area (Å²) in [6.45, 7) is 0. The third-order valence-electron chi connectivity index (χ3n) is 5.91. The molecule has 0 heterocycles. The van der Waals surface area contributed by atoms with Crippen molar-refractivity contribution >= 4 is 17.9 Å². The quantitative estimate of drug-likeness (QED) is 0.326. The molecule has 10 nitrogen and oxygen atoms in total. The molecule has 0 aromatic heterocycles. The SMILES string of the molecule is O=C(CCc1ccc(O)cc1)O[C@@H]1CC(O)(C(=O)O)C[C@@H](OC(=O)CCc2ccc(O)cc2)C1O. The number of aliphatic hydroxyl groups excluding tert-OH is 1. The summed E-state index contributed by atoms with van der Waals surface area (Å²) in [6.07, 6.45) is -5.05. The topological polar surface area (TPSA) is 171 Å². The van der Waals surface area contributed by atoms with Gasteiger partial charge in [-0.1, -0.05) is 24.3 Å². The minimum Gasteiger partial charge on any atom is -0.508 e. The van der Waals surface area contributed by atoms with Gasteiger partial charge in [-0.2, -0.15) is 0 Å². The van der Waals surface area contributed by atoms with Gasteiger partial charge in [0.25, 0.3) is 0 Å². The number of phenols is 2. The van der Waals surface area contributed by atoms with Crippen molar-refractivity contribution in [2.24, 2.45) is 0 Å². The van der Waals surface area contributed by atoms with Crippen LogP contribution in [0.5, 0.6) is 11.5 Å². The number of benzene rings is 2. The van der Waals surface area contributed by atoms with Crippen molar-refractivity contribution in [2.45, 2.75) is 62.4 Å². The third-order valence-corrected chi connectivity index (χ3v) is 5.91. The summed E-state index contributed by atoms with van der Waals surface area (Å²) in [6, 6.07) is 12.4. The van der Waals surface area contributed by atoms with Crippen LogP contribution in [-0.2, 0) is 36.7 Å². The molecule has 1 saturated carbocycles.